The van der Waals surface area contributed by atoms with Gasteiger partial charge in [-0.3, -0.25) is 0 Å². The molecule has 0 bridgehead atoms. The quantitative estimate of drug-likeness (QED) is 0.581. The average Bonchev–Trinajstić information content (AvgIpc) is 3.49. The molecule has 2 aromatic carbocycles. The van der Waals surface area contributed by atoms with E-state index in [1.54, 1.807) is 21.3 Å². The number of tetrazole rings is 1. The molecule has 10 nitrogen and oxygen atoms in total. The number of nitrogens with zero attached hydrogens (tertiary/aromatic N) is 4. The third-order valence-corrected chi connectivity index (χ3v) is 4.81. The molecule has 0 spiro atoms. The fraction of sp³-hybridized carbons (Fsp3) is 0.300. The summed E-state index contributed by atoms with van der Waals surface area (Å²) in [5, 5.41) is 18.2. The van der Waals surface area contributed by atoms with Crippen LogP contribution in [-0.4, -0.2) is 47.7 Å². The first-order valence-corrected chi connectivity index (χ1v) is 9.29. The molecule has 1 aromatic heterocycles. The molecular formula is C20H22N6O4. The molecule has 2 N–H and O–H groups in total. The van der Waals surface area contributed by atoms with E-state index >= 15 is 0 Å². The Labute approximate surface area is 173 Å². The maximum absolute atomic E-state index is 5.74. The topological polar surface area (TPSA) is 116 Å². The Morgan fingerprint density at radius 1 is 0.933 bits per heavy atom. The normalized spacial score (nSPS) is 15.3. The molecule has 30 heavy (non-hydrogen) atoms. The van der Waals surface area contributed by atoms with E-state index in [4.69, 9.17) is 18.9 Å². The van der Waals surface area contributed by atoms with Crippen molar-refractivity contribution in [3.8, 4) is 23.0 Å². The third kappa shape index (κ3) is 3.97. The molecule has 0 saturated heterocycles. The molecule has 156 valence electrons. The fourth-order valence-electron chi connectivity index (χ4n) is 3.24. The van der Waals surface area contributed by atoms with Gasteiger partial charge in [0, 0.05) is 12.0 Å². The summed E-state index contributed by atoms with van der Waals surface area (Å²) in [5.74, 6) is 3.04. The molecule has 3 aromatic rings. The van der Waals surface area contributed by atoms with Crippen LogP contribution in [0.3, 0.4) is 0 Å². The van der Waals surface area contributed by atoms with Crippen LogP contribution in [0, 0.1) is 0 Å². The number of hydrogen-bond acceptors (Lipinski definition) is 9. The highest BCUT2D eigenvalue weighted by Gasteiger charge is 2.23. The van der Waals surface area contributed by atoms with Gasteiger partial charge in [0.1, 0.15) is 0 Å². The monoisotopic (exact) mass is 410 g/mol. The van der Waals surface area contributed by atoms with E-state index < -0.39 is 0 Å². The lowest BCUT2D eigenvalue weighted by atomic mass is 9.98. The standard InChI is InChI=1S/C20H22N6O4/c1-27-16-6-4-12(8-18(16)28-2)14-10-15(22-21-14)13-5-7-17(19(9-13)29-3)30-11-20-23-25-26-24-20/h4-9,14,21H,10-11H2,1-3H3,(H,23,24,25,26). The largest absolute Gasteiger partial charge is 0.493 e. The number of methoxy groups -OCH3 is 3. The number of H-pyrrole nitrogens is 1. The Kier molecular flexibility index (Phi) is 5.64. The van der Waals surface area contributed by atoms with Crippen molar-refractivity contribution in [1.82, 2.24) is 26.0 Å². The SMILES string of the molecule is COc1ccc(C2CC(c3ccc(OCc4nn[nH]n4)c(OC)c3)=NN2)cc1OC. The van der Waals surface area contributed by atoms with E-state index in [-0.39, 0.29) is 12.6 Å². The minimum Gasteiger partial charge on any atom is -0.493 e. The number of hydrazone groups is 1. The summed E-state index contributed by atoms with van der Waals surface area (Å²) < 4.78 is 21.9. The Morgan fingerprint density at radius 3 is 2.43 bits per heavy atom. The van der Waals surface area contributed by atoms with Crippen molar-refractivity contribution in [3.05, 3.63) is 53.3 Å². The Balaban J connectivity index is 1.47. The molecule has 1 aliphatic rings. The number of aromatic nitrogens is 4. The van der Waals surface area contributed by atoms with E-state index in [1.807, 2.05) is 36.4 Å². The molecule has 0 saturated carbocycles. The van der Waals surface area contributed by atoms with Crippen molar-refractivity contribution in [1.29, 1.82) is 0 Å². The maximum atomic E-state index is 5.74. The number of ether oxygens (including phenoxy) is 4. The van der Waals surface area contributed by atoms with Crippen molar-refractivity contribution in [2.24, 2.45) is 5.10 Å². The summed E-state index contributed by atoms with van der Waals surface area (Å²) >= 11 is 0. The smallest absolute Gasteiger partial charge is 0.211 e. The van der Waals surface area contributed by atoms with Crippen molar-refractivity contribution < 1.29 is 18.9 Å². The van der Waals surface area contributed by atoms with E-state index in [2.05, 4.69) is 31.2 Å². The van der Waals surface area contributed by atoms with Crippen LogP contribution in [0.15, 0.2) is 41.5 Å². The summed E-state index contributed by atoms with van der Waals surface area (Å²) in [4.78, 5) is 0. The molecule has 0 amide bonds. The van der Waals surface area contributed by atoms with E-state index in [1.165, 1.54) is 0 Å². The molecule has 0 radical (unpaired) electrons. The molecule has 4 rings (SSSR count). The van der Waals surface area contributed by atoms with Crippen LogP contribution < -0.4 is 24.4 Å². The Hall–Kier alpha value is -3.82. The van der Waals surface area contributed by atoms with E-state index in [0.29, 0.717) is 28.8 Å². The van der Waals surface area contributed by atoms with Gasteiger partial charge in [0.15, 0.2) is 29.6 Å². The van der Waals surface area contributed by atoms with Crippen molar-refractivity contribution in [3.63, 3.8) is 0 Å². The van der Waals surface area contributed by atoms with Crippen LogP contribution >= 0.6 is 0 Å². The first-order chi connectivity index (χ1) is 14.7. The lowest BCUT2D eigenvalue weighted by Crippen LogP contribution is -2.10. The van der Waals surface area contributed by atoms with Gasteiger partial charge in [-0.25, -0.2) is 0 Å². The molecule has 10 heteroatoms. The molecule has 1 aliphatic heterocycles. The molecule has 1 atom stereocenters. The number of nitrogens with one attached hydrogen (secondary N) is 2. The van der Waals surface area contributed by atoms with Crippen molar-refractivity contribution in [2.45, 2.75) is 19.1 Å². The van der Waals surface area contributed by atoms with Crippen LogP contribution in [0.25, 0.3) is 0 Å². The van der Waals surface area contributed by atoms with Crippen LogP contribution in [0.5, 0.6) is 23.0 Å². The van der Waals surface area contributed by atoms with Gasteiger partial charge in [-0.05, 0) is 35.9 Å². The lowest BCUT2D eigenvalue weighted by Gasteiger charge is -2.14. The summed E-state index contributed by atoms with van der Waals surface area (Å²) in [6.45, 7) is 0.191. The summed E-state index contributed by atoms with van der Waals surface area (Å²) in [5.41, 5.74) is 6.15. The van der Waals surface area contributed by atoms with Crippen LogP contribution in [0.2, 0.25) is 0 Å². The minimum atomic E-state index is 0.0416. The highest BCUT2D eigenvalue weighted by molar-refractivity contribution is 6.02. The first-order valence-electron chi connectivity index (χ1n) is 9.29. The van der Waals surface area contributed by atoms with Crippen LogP contribution in [0.1, 0.15) is 29.4 Å². The fourth-order valence-corrected chi connectivity index (χ4v) is 3.24. The second kappa shape index (κ2) is 8.68. The van der Waals surface area contributed by atoms with Crippen LogP contribution in [0.4, 0.5) is 0 Å². The molecule has 0 fully saturated rings. The second-order valence-corrected chi connectivity index (χ2v) is 6.54. The summed E-state index contributed by atoms with van der Waals surface area (Å²) in [7, 11) is 4.84. The highest BCUT2D eigenvalue weighted by atomic mass is 16.5. The van der Waals surface area contributed by atoms with Gasteiger partial charge in [0.25, 0.3) is 0 Å². The average molecular weight is 410 g/mol. The molecule has 2 heterocycles. The number of hydrogen-bond donors (Lipinski definition) is 2. The molecule has 0 aliphatic carbocycles. The van der Waals surface area contributed by atoms with Gasteiger partial charge in [-0.15, -0.1) is 10.2 Å². The zero-order valence-electron chi connectivity index (χ0n) is 16.9. The van der Waals surface area contributed by atoms with E-state index in [0.717, 1.165) is 23.3 Å². The van der Waals surface area contributed by atoms with Gasteiger partial charge in [-0.1, -0.05) is 11.3 Å². The predicted molar refractivity (Wildman–Crippen MR) is 108 cm³/mol. The molecule has 1 unspecified atom stereocenters. The number of benzene rings is 2. The van der Waals surface area contributed by atoms with Crippen LogP contribution in [-0.2, 0) is 6.61 Å². The Bertz CT molecular complexity index is 1040. The number of rotatable bonds is 8. The Morgan fingerprint density at radius 2 is 1.70 bits per heavy atom. The predicted octanol–water partition coefficient (Wildman–Crippen LogP) is 2.24. The third-order valence-electron chi connectivity index (χ3n) is 4.81. The first kappa shape index (κ1) is 19.5. The van der Waals surface area contributed by atoms with Crippen molar-refractivity contribution >= 4 is 5.71 Å². The second-order valence-electron chi connectivity index (χ2n) is 6.54. The summed E-state index contributed by atoms with van der Waals surface area (Å²) in [6, 6.07) is 11.6. The minimum absolute atomic E-state index is 0.0416. The van der Waals surface area contributed by atoms with Crippen molar-refractivity contribution in [2.75, 3.05) is 21.3 Å². The zero-order chi connectivity index (χ0) is 20.9. The van der Waals surface area contributed by atoms with Gasteiger partial charge in [0.05, 0.1) is 33.1 Å². The number of aromatic amines is 1. The van der Waals surface area contributed by atoms with Gasteiger partial charge in [-0.2, -0.15) is 10.3 Å². The molecular weight excluding hydrogens is 388 g/mol. The zero-order valence-corrected chi connectivity index (χ0v) is 16.9. The van der Waals surface area contributed by atoms with Gasteiger partial charge < -0.3 is 24.4 Å². The highest BCUT2D eigenvalue weighted by Crippen LogP contribution is 2.34. The van der Waals surface area contributed by atoms with Gasteiger partial charge in [0.2, 0.25) is 5.82 Å². The maximum Gasteiger partial charge on any atom is 0.211 e. The summed E-state index contributed by atoms with van der Waals surface area (Å²) in [6.07, 6.45) is 0.724. The van der Waals surface area contributed by atoms with E-state index in [9.17, 15) is 0 Å². The lowest BCUT2D eigenvalue weighted by molar-refractivity contribution is 0.276. The van der Waals surface area contributed by atoms with Gasteiger partial charge >= 0.3 is 0 Å².